The van der Waals surface area contributed by atoms with Crippen molar-refractivity contribution in [3.8, 4) is 0 Å². The number of amides is 1. The van der Waals surface area contributed by atoms with E-state index in [4.69, 9.17) is 4.74 Å². The van der Waals surface area contributed by atoms with Crippen LogP contribution in [0.2, 0.25) is 0 Å². The molecule has 1 saturated heterocycles. The van der Waals surface area contributed by atoms with Crippen LogP contribution < -0.4 is 0 Å². The van der Waals surface area contributed by atoms with Gasteiger partial charge in [0.1, 0.15) is 0 Å². The van der Waals surface area contributed by atoms with Crippen molar-refractivity contribution in [3.63, 3.8) is 0 Å². The van der Waals surface area contributed by atoms with Gasteiger partial charge in [0, 0.05) is 38.9 Å². The van der Waals surface area contributed by atoms with Crippen LogP contribution in [-0.2, 0) is 34.2 Å². The average molecular weight is 429 g/mol. The van der Waals surface area contributed by atoms with Gasteiger partial charge < -0.3 is 9.64 Å². The Kier molecular flexibility index (Phi) is 6.22. The Hall–Kier alpha value is -2.22. The summed E-state index contributed by atoms with van der Waals surface area (Å²) in [5.74, 6) is -0.0706. The van der Waals surface area contributed by atoms with E-state index in [9.17, 15) is 13.2 Å². The Bertz CT molecular complexity index is 1030. The second-order valence-electron chi connectivity index (χ2n) is 7.97. The number of benzene rings is 2. The highest BCUT2D eigenvalue weighted by Crippen LogP contribution is 2.26. The fourth-order valence-electron chi connectivity index (χ4n) is 4.29. The standard InChI is InChI=1S/C23H28N2O4S/c1-29-17-18-5-4-8-21(15-18)23(26)24-11-13-25(14-12-24)30(27,28)22-10-9-19-6-2-3-7-20(19)16-22/h4-5,8-10,15-16H,2-3,6-7,11-14,17H2,1H3. The van der Waals surface area contributed by atoms with Crippen molar-refractivity contribution in [1.82, 2.24) is 9.21 Å². The summed E-state index contributed by atoms with van der Waals surface area (Å²) in [5.41, 5.74) is 3.98. The highest BCUT2D eigenvalue weighted by Gasteiger charge is 2.31. The van der Waals surface area contributed by atoms with Gasteiger partial charge in [0.05, 0.1) is 11.5 Å². The molecule has 7 heteroatoms. The average Bonchev–Trinajstić information content (AvgIpc) is 2.79. The molecule has 0 N–H and O–H groups in total. The van der Waals surface area contributed by atoms with Crippen molar-refractivity contribution in [2.24, 2.45) is 0 Å². The number of fused-ring (bicyclic) bond motifs is 1. The first kappa shape index (κ1) is 21.0. The number of rotatable bonds is 5. The minimum atomic E-state index is -3.54. The second kappa shape index (κ2) is 8.88. The lowest BCUT2D eigenvalue weighted by Gasteiger charge is -2.34. The number of hydrogen-bond acceptors (Lipinski definition) is 4. The number of carbonyl (C=O) groups excluding carboxylic acids is 1. The molecule has 0 atom stereocenters. The molecule has 1 fully saturated rings. The van der Waals surface area contributed by atoms with Gasteiger partial charge in [0.25, 0.3) is 5.91 Å². The van der Waals surface area contributed by atoms with E-state index >= 15 is 0 Å². The van der Waals surface area contributed by atoms with E-state index in [0.29, 0.717) is 43.2 Å². The maximum Gasteiger partial charge on any atom is 0.253 e. The van der Waals surface area contributed by atoms with Crippen LogP contribution in [0, 0.1) is 0 Å². The topological polar surface area (TPSA) is 66.9 Å². The first-order valence-corrected chi connectivity index (χ1v) is 11.9. The maximum absolute atomic E-state index is 13.1. The Morgan fingerprint density at radius 3 is 2.43 bits per heavy atom. The van der Waals surface area contributed by atoms with Crippen LogP contribution >= 0.6 is 0 Å². The van der Waals surface area contributed by atoms with Gasteiger partial charge in [-0.05, 0) is 66.6 Å². The first-order chi connectivity index (χ1) is 14.5. The predicted molar refractivity (Wildman–Crippen MR) is 115 cm³/mol. The molecule has 1 heterocycles. The van der Waals surface area contributed by atoms with Crippen molar-refractivity contribution < 1.29 is 17.9 Å². The number of carbonyl (C=O) groups is 1. The SMILES string of the molecule is COCc1cccc(C(=O)N2CCN(S(=O)(=O)c3ccc4c(c3)CCCC4)CC2)c1. The highest BCUT2D eigenvalue weighted by atomic mass is 32.2. The predicted octanol–water partition coefficient (Wildman–Crippen LogP) is 2.86. The molecule has 1 amide bonds. The number of piperazine rings is 1. The Labute approximate surface area is 178 Å². The second-order valence-corrected chi connectivity index (χ2v) is 9.91. The quantitative estimate of drug-likeness (QED) is 0.735. The Balaban J connectivity index is 1.43. The number of ether oxygens (including phenoxy) is 1. The lowest BCUT2D eigenvalue weighted by Crippen LogP contribution is -2.50. The Morgan fingerprint density at radius 2 is 1.70 bits per heavy atom. The van der Waals surface area contributed by atoms with Crippen molar-refractivity contribution in [2.75, 3.05) is 33.3 Å². The summed E-state index contributed by atoms with van der Waals surface area (Å²) >= 11 is 0. The van der Waals surface area contributed by atoms with Crippen LogP contribution in [0.4, 0.5) is 0 Å². The normalized spacial score (nSPS) is 17.6. The summed E-state index contributed by atoms with van der Waals surface area (Å²) in [7, 11) is -1.92. The number of nitrogens with zero attached hydrogens (tertiary/aromatic N) is 2. The molecular weight excluding hydrogens is 400 g/mol. The molecular formula is C23H28N2O4S. The molecule has 0 spiro atoms. The summed E-state index contributed by atoms with van der Waals surface area (Å²) < 4.78 is 32.9. The van der Waals surface area contributed by atoms with E-state index in [2.05, 4.69) is 0 Å². The van der Waals surface area contributed by atoms with Crippen LogP contribution in [0.5, 0.6) is 0 Å². The minimum Gasteiger partial charge on any atom is -0.380 e. The molecule has 0 radical (unpaired) electrons. The van der Waals surface area contributed by atoms with Gasteiger partial charge in [-0.3, -0.25) is 4.79 Å². The van der Waals surface area contributed by atoms with Gasteiger partial charge in [0.15, 0.2) is 0 Å². The van der Waals surface area contributed by atoms with Gasteiger partial charge in [-0.2, -0.15) is 4.31 Å². The molecule has 30 heavy (non-hydrogen) atoms. The molecule has 0 saturated carbocycles. The highest BCUT2D eigenvalue weighted by molar-refractivity contribution is 7.89. The summed E-state index contributed by atoms with van der Waals surface area (Å²) in [6, 6.07) is 12.9. The summed E-state index contributed by atoms with van der Waals surface area (Å²) in [4.78, 5) is 15.0. The van der Waals surface area contributed by atoms with Crippen LogP contribution in [0.25, 0.3) is 0 Å². The van der Waals surface area contributed by atoms with Crippen LogP contribution in [0.1, 0.15) is 39.9 Å². The molecule has 160 valence electrons. The largest absolute Gasteiger partial charge is 0.380 e. The van der Waals surface area contributed by atoms with Crippen LogP contribution in [0.15, 0.2) is 47.4 Å². The lowest BCUT2D eigenvalue weighted by atomic mass is 9.92. The summed E-state index contributed by atoms with van der Waals surface area (Å²) in [6.07, 6.45) is 4.26. The molecule has 1 aliphatic heterocycles. The third kappa shape index (κ3) is 4.29. The fraction of sp³-hybridized carbons (Fsp3) is 0.435. The van der Waals surface area contributed by atoms with Crippen molar-refractivity contribution in [2.45, 2.75) is 37.2 Å². The van der Waals surface area contributed by atoms with Crippen molar-refractivity contribution in [1.29, 1.82) is 0 Å². The van der Waals surface area contributed by atoms with E-state index in [-0.39, 0.29) is 5.91 Å². The first-order valence-electron chi connectivity index (χ1n) is 10.5. The van der Waals surface area contributed by atoms with E-state index in [0.717, 1.165) is 30.4 Å². The minimum absolute atomic E-state index is 0.0706. The van der Waals surface area contributed by atoms with Gasteiger partial charge in [0.2, 0.25) is 10.0 Å². The zero-order valence-corrected chi connectivity index (χ0v) is 18.2. The van der Waals surface area contributed by atoms with Gasteiger partial charge in [-0.1, -0.05) is 18.2 Å². The van der Waals surface area contributed by atoms with Crippen LogP contribution in [-0.4, -0.2) is 56.8 Å². The third-order valence-corrected chi connectivity index (χ3v) is 7.86. The lowest BCUT2D eigenvalue weighted by molar-refractivity contribution is 0.0697. The van der Waals surface area contributed by atoms with Crippen molar-refractivity contribution in [3.05, 3.63) is 64.7 Å². The van der Waals surface area contributed by atoms with E-state index in [1.54, 1.807) is 24.1 Å². The maximum atomic E-state index is 13.1. The molecule has 6 nitrogen and oxygen atoms in total. The van der Waals surface area contributed by atoms with Gasteiger partial charge in [-0.15, -0.1) is 0 Å². The Morgan fingerprint density at radius 1 is 0.967 bits per heavy atom. The molecule has 2 aliphatic rings. The molecule has 0 aromatic heterocycles. The monoisotopic (exact) mass is 428 g/mol. The summed E-state index contributed by atoms with van der Waals surface area (Å²) in [5, 5.41) is 0. The number of sulfonamides is 1. The zero-order valence-electron chi connectivity index (χ0n) is 17.3. The number of aryl methyl sites for hydroxylation is 2. The van der Waals surface area contributed by atoms with Crippen LogP contribution in [0.3, 0.4) is 0 Å². The number of methoxy groups -OCH3 is 1. The zero-order chi connectivity index (χ0) is 21.1. The molecule has 1 aliphatic carbocycles. The van der Waals surface area contributed by atoms with Crippen molar-refractivity contribution >= 4 is 15.9 Å². The molecule has 0 unspecified atom stereocenters. The molecule has 4 rings (SSSR count). The fourth-order valence-corrected chi connectivity index (χ4v) is 5.77. The van der Waals surface area contributed by atoms with E-state index in [1.165, 1.54) is 16.3 Å². The van der Waals surface area contributed by atoms with Gasteiger partial charge >= 0.3 is 0 Å². The number of hydrogen-bond donors (Lipinski definition) is 0. The van der Waals surface area contributed by atoms with E-state index in [1.807, 2.05) is 30.3 Å². The third-order valence-electron chi connectivity index (χ3n) is 5.97. The van der Waals surface area contributed by atoms with Gasteiger partial charge in [-0.25, -0.2) is 8.42 Å². The van der Waals surface area contributed by atoms with E-state index < -0.39 is 10.0 Å². The molecule has 0 bridgehead atoms. The molecule has 2 aromatic carbocycles. The summed E-state index contributed by atoms with van der Waals surface area (Å²) in [6.45, 7) is 1.84. The molecule has 2 aromatic rings. The smallest absolute Gasteiger partial charge is 0.253 e.